The van der Waals surface area contributed by atoms with Gasteiger partial charge >= 0.3 is 17.9 Å². The van der Waals surface area contributed by atoms with Crippen LogP contribution < -0.4 is 0 Å². The zero-order chi connectivity index (χ0) is 57.1. The Morgan fingerprint density at radius 3 is 0.785 bits per heavy atom. The number of unbranched alkanes of at least 4 members (excludes halogenated alkanes) is 43. The molecule has 0 rings (SSSR count). The lowest BCUT2D eigenvalue weighted by Gasteiger charge is -2.18. The number of ether oxygens (including phenoxy) is 3. The van der Waals surface area contributed by atoms with Crippen molar-refractivity contribution in [3.8, 4) is 0 Å². The molecule has 0 heterocycles. The molecule has 6 nitrogen and oxygen atoms in total. The quantitative estimate of drug-likeness (QED) is 0.0261. The molecule has 0 aliphatic carbocycles. The van der Waals surface area contributed by atoms with E-state index in [-0.39, 0.29) is 31.1 Å². The van der Waals surface area contributed by atoms with Gasteiger partial charge in [-0.25, -0.2) is 0 Å². The predicted molar refractivity (Wildman–Crippen MR) is 344 cm³/mol. The van der Waals surface area contributed by atoms with Crippen molar-refractivity contribution in [1.29, 1.82) is 0 Å². The molecule has 0 fully saturated rings. The molecule has 0 radical (unpaired) electrons. The molecule has 0 aromatic carbocycles. The molecule has 0 bridgehead atoms. The van der Waals surface area contributed by atoms with Gasteiger partial charge in [-0.1, -0.05) is 326 Å². The fourth-order valence-electron chi connectivity index (χ4n) is 10.3. The van der Waals surface area contributed by atoms with Gasteiger partial charge in [0.2, 0.25) is 0 Å². The van der Waals surface area contributed by atoms with E-state index in [2.05, 4.69) is 81.5 Å². The molecule has 1 atom stereocenters. The number of rotatable bonds is 64. The summed E-state index contributed by atoms with van der Waals surface area (Å²) in [5.74, 6) is -0.887. The standard InChI is InChI=1S/C73H132O6/c1-4-7-10-13-16-19-22-25-27-28-29-30-31-32-33-34-35-36-37-38-39-40-41-42-43-44-46-48-51-54-57-60-63-66-72(75)78-69-70(68-77-71(74)65-62-59-56-53-50-47-24-21-18-15-12-9-6-3)79-73(76)67-64-61-58-55-52-49-45-26-23-20-17-14-11-8-5-2/h9,12,18,21-22,25,28-29,47,50,70H,4-8,10-11,13-17,19-20,23-24,26-27,30-46,48-49,51-69H2,1-3H3/b12-9-,21-18-,25-22-,29-28-,50-47-. The highest BCUT2D eigenvalue weighted by Crippen LogP contribution is 2.18. The number of allylic oxidation sites excluding steroid dienone is 10. The van der Waals surface area contributed by atoms with Crippen molar-refractivity contribution in [3.63, 3.8) is 0 Å². The van der Waals surface area contributed by atoms with Crippen molar-refractivity contribution in [1.82, 2.24) is 0 Å². The molecule has 0 aliphatic heterocycles. The molecule has 1 unspecified atom stereocenters. The van der Waals surface area contributed by atoms with Crippen LogP contribution in [-0.4, -0.2) is 37.2 Å². The third-order valence-corrected chi connectivity index (χ3v) is 15.5. The Labute approximate surface area is 491 Å². The maximum absolute atomic E-state index is 12.9. The minimum atomic E-state index is -0.783. The van der Waals surface area contributed by atoms with Crippen LogP contribution in [0.4, 0.5) is 0 Å². The number of carbonyl (C=O) groups excluding carboxylic acids is 3. The summed E-state index contributed by atoms with van der Waals surface area (Å²) in [5, 5.41) is 0. The Balaban J connectivity index is 4.10. The minimum absolute atomic E-state index is 0.0785. The van der Waals surface area contributed by atoms with E-state index in [1.54, 1.807) is 0 Å². The number of hydrogen-bond donors (Lipinski definition) is 0. The molecule has 0 saturated carbocycles. The smallest absolute Gasteiger partial charge is 0.306 e. The van der Waals surface area contributed by atoms with Crippen LogP contribution in [0.5, 0.6) is 0 Å². The van der Waals surface area contributed by atoms with Crippen LogP contribution in [0.2, 0.25) is 0 Å². The van der Waals surface area contributed by atoms with Crippen LogP contribution in [-0.2, 0) is 28.6 Å². The van der Waals surface area contributed by atoms with Crippen molar-refractivity contribution in [2.75, 3.05) is 13.2 Å². The molecule has 0 spiro atoms. The van der Waals surface area contributed by atoms with Gasteiger partial charge in [-0.3, -0.25) is 14.4 Å². The van der Waals surface area contributed by atoms with Crippen molar-refractivity contribution < 1.29 is 28.6 Å². The zero-order valence-electron chi connectivity index (χ0n) is 52.9. The third-order valence-electron chi connectivity index (χ3n) is 15.5. The number of hydrogen-bond acceptors (Lipinski definition) is 6. The summed E-state index contributed by atoms with van der Waals surface area (Å²) in [6.07, 6.45) is 87.0. The summed E-state index contributed by atoms with van der Waals surface area (Å²) in [4.78, 5) is 38.3. The molecule has 0 saturated heterocycles. The fourth-order valence-corrected chi connectivity index (χ4v) is 10.3. The van der Waals surface area contributed by atoms with Gasteiger partial charge in [0, 0.05) is 19.3 Å². The monoisotopic (exact) mass is 1110 g/mol. The number of esters is 3. The lowest BCUT2D eigenvalue weighted by molar-refractivity contribution is -0.167. The molecular weight excluding hydrogens is 973 g/mol. The predicted octanol–water partition coefficient (Wildman–Crippen LogP) is 23.9. The van der Waals surface area contributed by atoms with E-state index in [0.717, 1.165) is 89.9 Å². The van der Waals surface area contributed by atoms with Gasteiger partial charge in [-0.2, -0.15) is 0 Å². The molecule has 0 aromatic heterocycles. The summed E-state index contributed by atoms with van der Waals surface area (Å²) in [6, 6.07) is 0. The molecule has 460 valence electrons. The van der Waals surface area contributed by atoms with Crippen LogP contribution in [0.15, 0.2) is 60.8 Å². The Morgan fingerprint density at radius 1 is 0.266 bits per heavy atom. The Kier molecular flexibility index (Phi) is 65.1. The first-order valence-corrected chi connectivity index (χ1v) is 34.8. The van der Waals surface area contributed by atoms with Gasteiger partial charge in [0.15, 0.2) is 6.10 Å². The second-order valence-corrected chi connectivity index (χ2v) is 23.4. The van der Waals surface area contributed by atoms with Gasteiger partial charge in [0.25, 0.3) is 0 Å². The van der Waals surface area contributed by atoms with Crippen molar-refractivity contribution >= 4 is 17.9 Å². The van der Waals surface area contributed by atoms with E-state index in [9.17, 15) is 14.4 Å². The SMILES string of the molecule is CC/C=C\C/C=C\C/C=C\CCCCCC(=O)OCC(COC(=O)CCCCCCCCCCCCCCCCCCCCCCC/C=C\C/C=C\CCCCCCC)OC(=O)CCCCCCCCCCCCCCCCC. The molecular formula is C73H132O6. The second kappa shape index (κ2) is 67.6. The third kappa shape index (κ3) is 65.8. The van der Waals surface area contributed by atoms with Crippen LogP contribution in [0.3, 0.4) is 0 Å². The maximum atomic E-state index is 12.9. The van der Waals surface area contributed by atoms with E-state index >= 15 is 0 Å². The normalized spacial score (nSPS) is 12.4. The summed E-state index contributed by atoms with van der Waals surface area (Å²) in [6.45, 7) is 6.54. The van der Waals surface area contributed by atoms with Crippen molar-refractivity contribution in [2.45, 2.75) is 374 Å². The molecule has 0 aliphatic rings. The van der Waals surface area contributed by atoms with Crippen LogP contribution in [0.25, 0.3) is 0 Å². The zero-order valence-corrected chi connectivity index (χ0v) is 52.9. The van der Waals surface area contributed by atoms with Gasteiger partial charge in [-0.15, -0.1) is 0 Å². The highest BCUT2D eigenvalue weighted by molar-refractivity contribution is 5.71. The lowest BCUT2D eigenvalue weighted by atomic mass is 10.0. The van der Waals surface area contributed by atoms with Crippen LogP contribution in [0.1, 0.15) is 367 Å². The van der Waals surface area contributed by atoms with Gasteiger partial charge in [-0.05, 0) is 83.5 Å². The van der Waals surface area contributed by atoms with E-state index in [1.165, 1.54) is 238 Å². The van der Waals surface area contributed by atoms with Crippen molar-refractivity contribution in [3.05, 3.63) is 60.8 Å². The molecule has 6 heteroatoms. The molecule has 0 amide bonds. The topological polar surface area (TPSA) is 78.9 Å². The second-order valence-electron chi connectivity index (χ2n) is 23.4. The summed E-state index contributed by atoms with van der Waals surface area (Å²) in [7, 11) is 0. The van der Waals surface area contributed by atoms with Gasteiger partial charge < -0.3 is 14.2 Å². The summed E-state index contributed by atoms with van der Waals surface area (Å²) >= 11 is 0. The van der Waals surface area contributed by atoms with Crippen molar-refractivity contribution in [2.24, 2.45) is 0 Å². The average molecular weight is 1110 g/mol. The van der Waals surface area contributed by atoms with E-state index in [0.29, 0.717) is 19.3 Å². The Bertz CT molecular complexity index is 1410. The van der Waals surface area contributed by atoms with Gasteiger partial charge in [0.1, 0.15) is 13.2 Å². The first-order chi connectivity index (χ1) is 39.0. The molecule has 79 heavy (non-hydrogen) atoms. The highest BCUT2D eigenvalue weighted by Gasteiger charge is 2.19. The summed E-state index contributed by atoms with van der Waals surface area (Å²) in [5.41, 5.74) is 0. The van der Waals surface area contributed by atoms with E-state index < -0.39 is 6.10 Å². The van der Waals surface area contributed by atoms with Crippen LogP contribution >= 0.6 is 0 Å². The highest BCUT2D eigenvalue weighted by atomic mass is 16.6. The number of carbonyl (C=O) groups is 3. The Morgan fingerprint density at radius 2 is 0.494 bits per heavy atom. The Hall–Kier alpha value is -2.89. The first-order valence-electron chi connectivity index (χ1n) is 34.8. The first kappa shape index (κ1) is 76.1. The summed E-state index contributed by atoms with van der Waals surface area (Å²) < 4.78 is 16.9. The van der Waals surface area contributed by atoms with Crippen LogP contribution in [0, 0.1) is 0 Å². The molecule has 0 N–H and O–H groups in total. The average Bonchev–Trinajstić information content (AvgIpc) is 3.45. The fraction of sp³-hybridized carbons (Fsp3) is 0.822. The lowest BCUT2D eigenvalue weighted by Crippen LogP contribution is -2.30. The maximum Gasteiger partial charge on any atom is 0.306 e. The van der Waals surface area contributed by atoms with E-state index in [1.807, 2.05) is 0 Å². The largest absolute Gasteiger partial charge is 0.462 e. The minimum Gasteiger partial charge on any atom is -0.462 e. The molecule has 0 aromatic rings. The van der Waals surface area contributed by atoms with Gasteiger partial charge in [0.05, 0.1) is 0 Å². The van der Waals surface area contributed by atoms with E-state index in [4.69, 9.17) is 14.2 Å².